The van der Waals surface area contributed by atoms with Crippen LogP contribution < -0.4 is 5.32 Å². The monoisotopic (exact) mass is 259 g/mol. The van der Waals surface area contributed by atoms with E-state index in [4.69, 9.17) is 4.42 Å². The maximum absolute atomic E-state index is 9.50. The largest absolute Gasteiger partial charge is 0.463 e. The Morgan fingerprint density at radius 2 is 2.05 bits per heavy atom. The number of furan rings is 1. The van der Waals surface area contributed by atoms with Crippen LogP contribution in [0.3, 0.4) is 0 Å². The summed E-state index contributed by atoms with van der Waals surface area (Å²) in [7, 11) is 0. The summed E-state index contributed by atoms with van der Waals surface area (Å²) in [5, 5.41) is 12.9. The second kappa shape index (κ2) is 5.40. The molecule has 0 aliphatic heterocycles. The van der Waals surface area contributed by atoms with E-state index in [0.29, 0.717) is 6.04 Å². The van der Waals surface area contributed by atoms with Gasteiger partial charge < -0.3 is 14.8 Å². The Labute approximate surface area is 111 Å². The average molecular weight is 259 g/mol. The summed E-state index contributed by atoms with van der Waals surface area (Å²) in [5.74, 6) is 1.55. The van der Waals surface area contributed by atoms with Gasteiger partial charge in [-0.25, -0.2) is 9.97 Å². The van der Waals surface area contributed by atoms with Crippen LogP contribution in [0.4, 0.5) is 5.82 Å². The van der Waals surface area contributed by atoms with E-state index >= 15 is 0 Å². The zero-order chi connectivity index (χ0) is 13.1. The van der Waals surface area contributed by atoms with Crippen molar-refractivity contribution >= 4 is 5.82 Å². The Kier molecular flexibility index (Phi) is 3.46. The SMILES string of the molecule is OC1CCC(Nc2cc(-c3ccco3)ncn2)CC1. The standard InChI is InChI=1S/C14H17N3O2/c18-11-5-3-10(4-6-11)17-14-8-12(15-9-16-14)13-2-1-7-19-13/h1-2,7-11,18H,3-6H2,(H,15,16,17). The van der Waals surface area contributed by atoms with Crippen LogP contribution in [0.15, 0.2) is 35.2 Å². The number of aromatic nitrogens is 2. The summed E-state index contributed by atoms with van der Waals surface area (Å²) in [4.78, 5) is 8.44. The maximum Gasteiger partial charge on any atom is 0.152 e. The first kappa shape index (κ1) is 12.2. The number of hydrogen-bond donors (Lipinski definition) is 2. The zero-order valence-corrected chi connectivity index (χ0v) is 10.6. The highest BCUT2D eigenvalue weighted by molar-refractivity contribution is 5.56. The quantitative estimate of drug-likeness (QED) is 0.886. The molecule has 3 rings (SSSR count). The van der Waals surface area contributed by atoms with E-state index in [1.165, 1.54) is 6.33 Å². The lowest BCUT2D eigenvalue weighted by atomic mass is 9.93. The molecule has 0 atom stereocenters. The minimum Gasteiger partial charge on any atom is -0.463 e. The normalized spacial score (nSPS) is 23.2. The molecular weight excluding hydrogens is 242 g/mol. The minimum absolute atomic E-state index is 0.137. The Hall–Kier alpha value is -1.88. The molecule has 2 aromatic rings. The molecule has 0 bridgehead atoms. The Bertz CT molecular complexity index is 519. The predicted molar refractivity (Wildman–Crippen MR) is 71.6 cm³/mol. The van der Waals surface area contributed by atoms with E-state index in [1.807, 2.05) is 18.2 Å². The molecule has 0 radical (unpaired) electrons. The van der Waals surface area contributed by atoms with E-state index < -0.39 is 0 Å². The summed E-state index contributed by atoms with van der Waals surface area (Å²) in [6, 6.07) is 5.99. The van der Waals surface area contributed by atoms with Crippen molar-refractivity contribution in [3.8, 4) is 11.5 Å². The van der Waals surface area contributed by atoms with Crippen LogP contribution in [0.2, 0.25) is 0 Å². The van der Waals surface area contributed by atoms with Crippen molar-refractivity contribution in [2.24, 2.45) is 0 Å². The molecule has 0 aromatic carbocycles. The van der Waals surface area contributed by atoms with Gasteiger partial charge in [0.1, 0.15) is 17.8 Å². The Morgan fingerprint density at radius 1 is 1.21 bits per heavy atom. The van der Waals surface area contributed by atoms with Crippen molar-refractivity contribution in [3.63, 3.8) is 0 Å². The Morgan fingerprint density at radius 3 is 2.79 bits per heavy atom. The highest BCUT2D eigenvalue weighted by Gasteiger charge is 2.19. The third kappa shape index (κ3) is 2.93. The first-order valence-corrected chi connectivity index (χ1v) is 6.62. The number of nitrogens with zero attached hydrogens (tertiary/aromatic N) is 2. The summed E-state index contributed by atoms with van der Waals surface area (Å²) >= 11 is 0. The molecule has 1 saturated carbocycles. The van der Waals surface area contributed by atoms with Crippen LogP contribution in [0.25, 0.3) is 11.5 Å². The van der Waals surface area contributed by atoms with Gasteiger partial charge in [-0.2, -0.15) is 0 Å². The fraction of sp³-hybridized carbons (Fsp3) is 0.429. The van der Waals surface area contributed by atoms with E-state index in [2.05, 4.69) is 15.3 Å². The fourth-order valence-corrected chi connectivity index (χ4v) is 2.42. The van der Waals surface area contributed by atoms with Crippen molar-refractivity contribution in [3.05, 3.63) is 30.8 Å². The third-order valence-electron chi connectivity index (χ3n) is 3.49. The van der Waals surface area contributed by atoms with Crippen molar-refractivity contribution in [2.75, 3.05) is 5.32 Å². The van der Waals surface area contributed by atoms with Crippen molar-refractivity contribution in [1.29, 1.82) is 0 Å². The summed E-state index contributed by atoms with van der Waals surface area (Å²) in [6.07, 6.45) is 6.69. The van der Waals surface area contributed by atoms with Crippen LogP contribution in [-0.4, -0.2) is 27.2 Å². The molecule has 1 aliphatic carbocycles. The number of aliphatic hydroxyl groups is 1. The van der Waals surface area contributed by atoms with Crippen molar-refractivity contribution in [1.82, 2.24) is 9.97 Å². The molecule has 0 amide bonds. The van der Waals surface area contributed by atoms with Gasteiger partial charge in [0.15, 0.2) is 5.76 Å². The van der Waals surface area contributed by atoms with Gasteiger partial charge >= 0.3 is 0 Å². The molecule has 1 fully saturated rings. The van der Waals surface area contributed by atoms with E-state index in [1.54, 1.807) is 6.26 Å². The van der Waals surface area contributed by atoms with Crippen molar-refractivity contribution < 1.29 is 9.52 Å². The van der Waals surface area contributed by atoms with E-state index in [-0.39, 0.29) is 6.10 Å². The lowest BCUT2D eigenvalue weighted by Gasteiger charge is -2.26. The zero-order valence-electron chi connectivity index (χ0n) is 10.6. The summed E-state index contributed by atoms with van der Waals surface area (Å²) in [6.45, 7) is 0. The average Bonchev–Trinajstić information content (AvgIpc) is 2.96. The number of anilines is 1. The summed E-state index contributed by atoms with van der Waals surface area (Å²) < 4.78 is 5.33. The Balaban J connectivity index is 1.70. The molecule has 2 aromatic heterocycles. The van der Waals surface area contributed by atoms with Gasteiger partial charge in [-0.1, -0.05) is 0 Å². The van der Waals surface area contributed by atoms with E-state index in [0.717, 1.165) is 43.0 Å². The van der Waals surface area contributed by atoms with Gasteiger partial charge in [-0.3, -0.25) is 0 Å². The molecule has 0 unspecified atom stereocenters. The van der Waals surface area contributed by atoms with Crippen LogP contribution in [0.1, 0.15) is 25.7 Å². The molecule has 1 aliphatic rings. The van der Waals surface area contributed by atoms with Crippen LogP contribution >= 0.6 is 0 Å². The van der Waals surface area contributed by atoms with Crippen LogP contribution in [-0.2, 0) is 0 Å². The number of rotatable bonds is 3. The van der Waals surface area contributed by atoms with Crippen LogP contribution in [0, 0.1) is 0 Å². The molecule has 2 heterocycles. The van der Waals surface area contributed by atoms with Gasteiger partial charge in [-0.15, -0.1) is 0 Å². The molecule has 0 saturated heterocycles. The second-order valence-corrected chi connectivity index (χ2v) is 4.92. The maximum atomic E-state index is 9.50. The topological polar surface area (TPSA) is 71.2 Å². The molecule has 100 valence electrons. The second-order valence-electron chi connectivity index (χ2n) is 4.92. The van der Waals surface area contributed by atoms with Gasteiger partial charge in [0, 0.05) is 12.1 Å². The first-order chi connectivity index (χ1) is 9.31. The van der Waals surface area contributed by atoms with E-state index in [9.17, 15) is 5.11 Å². The molecule has 5 nitrogen and oxygen atoms in total. The van der Waals surface area contributed by atoms with Gasteiger partial charge in [0.2, 0.25) is 0 Å². The molecule has 0 spiro atoms. The minimum atomic E-state index is -0.137. The summed E-state index contributed by atoms with van der Waals surface area (Å²) in [5.41, 5.74) is 0.776. The van der Waals surface area contributed by atoms with Gasteiger partial charge in [-0.05, 0) is 37.8 Å². The fourth-order valence-electron chi connectivity index (χ4n) is 2.42. The lowest BCUT2D eigenvalue weighted by molar-refractivity contribution is 0.126. The third-order valence-corrected chi connectivity index (χ3v) is 3.49. The highest BCUT2D eigenvalue weighted by Crippen LogP contribution is 2.23. The smallest absolute Gasteiger partial charge is 0.152 e. The molecule has 5 heteroatoms. The van der Waals surface area contributed by atoms with Crippen molar-refractivity contribution in [2.45, 2.75) is 37.8 Å². The molecule has 2 N–H and O–H groups in total. The van der Waals surface area contributed by atoms with Gasteiger partial charge in [0.05, 0.1) is 12.4 Å². The predicted octanol–water partition coefficient (Wildman–Crippen LogP) is 2.45. The van der Waals surface area contributed by atoms with Gasteiger partial charge in [0.25, 0.3) is 0 Å². The number of aliphatic hydroxyl groups excluding tert-OH is 1. The number of nitrogens with one attached hydrogen (secondary N) is 1. The number of hydrogen-bond acceptors (Lipinski definition) is 5. The highest BCUT2D eigenvalue weighted by atomic mass is 16.3. The first-order valence-electron chi connectivity index (χ1n) is 6.62. The molecular formula is C14H17N3O2. The lowest BCUT2D eigenvalue weighted by Crippen LogP contribution is -2.28. The molecule has 19 heavy (non-hydrogen) atoms. The van der Waals surface area contributed by atoms with Crippen LogP contribution in [0.5, 0.6) is 0 Å².